The van der Waals surface area contributed by atoms with Crippen molar-refractivity contribution in [3.05, 3.63) is 22.7 Å². The molecule has 5 nitrogen and oxygen atoms in total. The Bertz CT molecular complexity index is 461. The van der Waals surface area contributed by atoms with E-state index in [1.165, 1.54) is 0 Å². The molecule has 0 aliphatic carbocycles. The molecule has 0 heterocycles. The second-order valence-corrected chi connectivity index (χ2v) is 4.02. The lowest BCUT2D eigenvalue weighted by Gasteiger charge is -2.10. The van der Waals surface area contributed by atoms with Crippen LogP contribution < -0.4 is 10.2 Å². The smallest absolute Gasteiger partial charge is 0.140 e. The van der Waals surface area contributed by atoms with Gasteiger partial charge in [-0.1, -0.05) is 11.6 Å². The van der Waals surface area contributed by atoms with E-state index in [0.717, 1.165) is 11.3 Å². The summed E-state index contributed by atoms with van der Waals surface area (Å²) in [6, 6.07) is 3.49. The number of aliphatic hydroxyl groups excluding tert-OH is 1. The van der Waals surface area contributed by atoms with Gasteiger partial charge in [-0.3, -0.25) is 5.43 Å². The first-order chi connectivity index (χ1) is 8.58. The molecule has 0 aliphatic rings. The number of amidine groups is 1. The van der Waals surface area contributed by atoms with Crippen LogP contribution in [0, 0.1) is 6.92 Å². The number of hydrogen-bond donors (Lipinski definition) is 2. The van der Waals surface area contributed by atoms with E-state index in [1.807, 2.05) is 6.92 Å². The van der Waals surface area contributed by atoms with E-state index in [2.05, 4.69) is 22.2 Å². The zero-order valence-corrected chi connectivity index (χ0v) is 11.2. The highest BCUT2D eigenvalue weighted by Gasteiger charge is 2.07. The van der Waals surface area contributed by atoms with E-state index >= 15 is 0 Å². The van der Waals surface area contributed by atoms with E-state index in [1.54, 1.807) is 19.1 Å². The van der Waals surface area contributed by atoms with Crippen molar-refractivity contribution in [1.82, 2.24) is 5.43 Å². The predicted octanol–water partition coefficient (Wildman–Crippen LogP) is 2.27. The minimum Gasteiger partial charge on any atom is -0.490 e. The van der Waals surface area contributed by atoms with Gasteiger partial charge in [-0.15, -0.1) is 0 Å². The maximum atomic E-state index is 8.73. The number of hydrazone groups is 1. The van der Waals surface area contributed by atoms with Gasteiger partial charge in [0.1, 0.15) is 18.2 Å². The lowest BCUT2D eigenvalue weighted by atomic mass is 10.2. The molecule has 0 saturated heterocycles. The maximum Gasteiger partial charge on any atom is 0.140 e. The van der Waals surface area contributed by atoms with Gasteiger partial charge < -0.3 is 9.84 Å². The SMILES string of the molecule is C=NNC(C)=Nc1cc(OCCO)c(Cl)cc1C. The van der Waals surface area contributed by atoms with Crippen molar-refractivity contribution in [2.24, 2.45) is 10.1 Å². The first-order valence-corrected chi connectivity index (χ1v) is 5.77. The van der Waals surface area contributed by atoms with Crippen LogP contribution in [0.25, 0.3) is 0 Å². The van der Waals surface area contributed by atoms with Gasteiger partial charge in [-0.2, -0.15) is 5.10 Å². The van der Waals surface area contributed by atoms with E-state index < -0.39 is 0 Å². The van der Waals surface area contributed by atoms with Gasteiger partial charge >= 0.3 is 0 Å². The molecule has 1 aromatic rings. The van der Waals surface area contributed by atoms with E-state index in [9.17, 15) is 0 Å². The number of halogens is 1. The van der Waals surface area contributed by atoms with Crippen LogP contribution in [0.5, 0.6) is 5.75 Å². The highest BCUT2D eigenvalue weighted by molar-refractivity contribution is 6.32. The molecular formula is C12H16ClN3O2. The molecule has 0 unspecified atom stereocenters. The van der Waals surface area contributed by atoms with Gasteiger partial charge in [0.25, 0.3) is 0 Å². The summed E-state index contributed by atoms with van der Waals surface area (Å²) in [4.78, 5) is 4.33. The summed E-state index contributed by atoms with van der Waals surface area (Å²) >= 11 is 6.04. The van der Waals surface area contributed by atoms with Crippen LogP contribution in [0.2, 0.25) is 5.02 Å². The van der Waals surface area contributed by atoms with Crippen molar-refractivity contribution in [3.63, 3.8) is 0 Å². The molecule has 0 atom stereocenters. The molecule has 18 heavy (non-hydrogen) atoms. The molecule has 2 N–H and O–H groups in total. The van der Waals surface area contributed by atoms with Crippen LogP contribution >= 0.6 is 11.6 Å². The van der Waals surface area contributed by atoms with Crippen LogP contribution in [0.3, 0.4) is 0 Å². The first-order valence-electron chi connectivity index (χ1n) is 5.39. The summed E-state index contributed by atoms with van der Waals surface area (Å²) in [6.07, 6.45) is 0. The highest BCUT2D eigenvalue weighted by Crippen LogP contribution is 2.32. The van der Waals surface area contributed by atoms with Crippen LogP contribution in [0.15, 0.2) is 22.2 Å². The van der Waals surface area contributed by atoms with Gasteiger partial charge in [0.2, 0.25) is 0 Å². The third-order valence-corrected chi connectivity index (χ3v) is 2.42. The Morgan fingerprint density at radius 2 is 2.28 bits per heavy atom. The predicted molar refractivity (Wildman–Crippen MR) is 74.2 cm³/mol. The lowest BCUT2D eigenvalue weighted by Crippen LogP contribution is -2.11. The average molecular weight is 270 g/mol. The van der Waals surface area contributed by atoms with Crippen LogP contribution in [0.1, 0.15) is 12.5 Å². The standard InChI is InChI=1S/C12H16ClN3O2/c1-8-6-10(13)12(18-5-4-17)7-11(8)15-9(2)16-14-3/h6-7,17H,3-5H2,1-2H3,(H,15,16). The summed E-state index contributed by atoms with van der Waals surface area (Å²) in [7, 11) is 0. The highest BCUT2D eigenvalue weighted by atomic mass is 35.5. The van der Waals surface area contributed by atoms with Gasteiger partial charge in [-0.25, -0.2) is 4.99 Å². The summed E-state index contributed by atoms with van der Waals surface area (Å²) in [5, 5.41) is 12.8. The topological polar surface area (TPSA) is 66.2 Å². The fraction of sp³-hybridized carbons (Fsp3) is 0.333. The zero-order chi connectivity index (χ0) is 13.5. The molecule has 0 spiro atoms. The minimum atomic E-state index is -0.0657. The number of rotatable bonds is 5. The van der Waals surface area contributed by atoms with Crippen LogP contribution in [-0.2, 0) is 0 Å². The molecule has 0 radical (unpaired) electrons. The number of benzene rings is 1. The van der Waals surface area contributed by atoms with Crippen molar-refractivity contribution in [2.45, 2.75) is 13.8 Å². The minimum absolute atomic E-state index is 0.0657. The van der Waals surface area contributed by atoms with Crippen LogP contribution in [-0.4, -0.2) is 30.9 Å². The van der Waals surface area contributed by atoms with Gasteiger partial charge in [0.15, 0.2) is 0 Å². The van der Waals surface area contributed by atoms with Crippen LogP contribution in [0.4, 0.5) is 5.69 Å². The molecule has 0 fully saturated rings. The van der Waals surface area contributed by atoms with Gasteiger partial charge in [0.05, 0.1) is 17.3 Å². The lowest BCUT2D eigenvalue weighted by molar-refractivity contribution is 0.201. The quantitative estimate of drug-likeness (QED) is 0.490. The van der Waals surface area contributed by atoms with E-state index in [0.29, 0.717) is 16.6 Å². The number of nitrogens with one attached hydrogen (secondary N) is 1. The Labute approximate surface area is 111 Å². The third-order valence-electron chi connectivity index (χ3n) is 2.13. The molecule has 0 bridgehead atoms. The summed E-state index contributed by atoms with van der Waals surface area (Å²) in [5.74, 6) is 1.11. The molecule has 0 saturated carbocycles. The second kappa shape index (κ2) is 6.98. The number of hydrogen-bond acceptors (Lipinski definition) is 4. The van der Waals surface area contributed by atoms with Crippen molar-refractivity contribution in [2.75, 3.05) is 13.2 Å². The van der Waals surface area contributed by atoms with E-state index in [4.69, 9.17) is 21.4 Å². The maximum absolute atomic E-state index is 8.73. The Morgan fingerprint density at radius 1 is 1.56 bits per heavy atom. The molecule has 1 aromatic carbocycles. The van der Waals surface area contributed by atoms with E-state index in [-0.39, 0.29) is 13.2 Å². The summed E-state index contributed by atoms with van der Waals surface area (Å²) < 4.78 is 5.32. The zero-order valence-electron chi connectivity index (χ0n) is 10.4. The van der Waals surface area contributed by atoms with Crippen molar-refractivity contribution in [3.8, 4) is 5.75 Å². The average Bonchev–Trinajstić information content (AvgIpc) is 2.31. The Kier molecular flexibility index (Phi) is 5.61. The molecule has 0 amide bonds. The Balaban J connectivity index is 3.04. The van der Waals surface area contributed by atoms with Crippen molar-refractivity contribution < 1.29 is 9.84 Å². The van der Waals surface area contributed by atoms with Crippen molar-refractivity contribution in [1.29, 1.82) is 0 Å². The largest absolute Gasteiger partial charge is 0.490 e. The monoisotopic (exact) mass is 269 g/mol. The fourth-order valence-corrected chi connectivity index (χ4v) is 1.62. The van der Waals surface area contributed by atoms with Gasteiger partial charge in [0, 0.05) is 12.8 Å². The number of nitrogens with zero attached hydrogens (tertiary/aromatic N) is 2. The molecular weight excluding hydrogens is 254 g/mol. The van der Waals surface area contributed by atoms with Crippen molar-refractivity contribution >= 4 is 29.8 Å². The number of ether oxygens (including phenoxy) is 1. The molecule has 1 rings (SSSR count). The summed E-state index contributed by atoms with van der Waals surface area (Å²) in [5.41, 5.74) is 4.29. The molecule has 98 valence electrons. The second-order valence-electron chi connectivity index (χ2n) is 3.61. The molecule has 0 aromatic heterocycles. The molecule has 6 heteroatoms. The van der Waals surface area contributed by atoms with Gasteiger partial charge in [-0.05, 0) is 25.5 Å². The number of aryl methyl sites for hydroxylation is 1. The Morgan fingerprint density at radius 3 is 2.89 bits per heavy atom. The fourth-order valence-electron chi connectivity index (χ4n) is 1.35. The number of aliphatic imine (C=N–C) groups is 1. The Hall–Kier alpha value is -1.59. The first kappa shape index (κ1) is 14.5. The molecule has 0 aliphatic heterocycles. The summed E-state index contributed by atoms with van der Waals surface area (Å²) in [6.45, 7) is 7.12. The third kappa shape index (κ3) is 4.01. The number of aliphatic hydroxyl groups is 1. The normalized spacial score (nSPS) is 11.2.